The van der Waals surface area contributed by atoms with Crippen LogP contribution in [0.2, 0.25) is 0 Å². The molecule has 2 N–H and O–H groups in total. The maximum atomic E-state index is 12.0. The van der Waals surface area contributed by atoms with Crippen LogP contribution >= 0.6 is 0 Å². The number of hydrogen-bond acceptors (Lipinski definition) is 6. The third-order valence-corrected chi connectivity index (χ3v) is 4.29. The van der Waals surface area contributed by atoms with Gasteiger partial charge in [0.1, 0.15) is 5.75 Å². The van der Waals surface area contributed by atoms with Crippen LogP contribution in [0.15, 0.2) is 47.4 Å². The Morgan fingerprint density at radius 1 is 1.14 bits per heavy atom. The lowest BCUT2D eigenvalue weighted by Gasteiger charge is -2.13. The molecular weight excluding hydrogens is 354 g/mol. The third kappa shape index (κ3) is 4.36. The van der Waals surface area contributed by atoms with Gasteiger partial charge in [0, 0.05) is 23.4 Å². The molecule has 1 aromatic carbocycles. The summed E-state index contributed by atoms with van der Waals surface area (Å²) in [5.74, 6) is 0.992. The number of ether oxygens (including phenoxy) is 1. The van der Waals surface area contributed by atoms with Gasteiger partial charge in [-0.1, -0.05) is 13.3 Å². The highest BCUT2D eigenvalue weighted by molar-refractivity contribution is 5.79. The average molecular weight is 379 g/mol. The molecule has 7 heteroatoms. The molecule has 0 aliphatic carbocycles. The minimum atomic E-state index is -0.148. The van der Waals surface area contributed by atoms with E-state index in [1.54, 1.807) is 12.3 Å². The maximum absolute atomic E-state index is 12.0. The predicted octanol–water partition coefficient (Wildman–Crippen LogP) is 3.71. The number of nitrogens with two attached hydrogens (primary N) is 1. The topological polar surface area (TPSA) is 95.9 Å². The molecule has 0 bridgehead atoms. The molecule has 7 nitrogen and oxygen atoms in total. The van der Waals surface area contributed by atoms with Gasteiger partial charge in [-0.05, 0) is 50.6 Å². The van der Waals surface area contributed by atoms with E-state index >= 15 is 0 Å². The lowest BCUT2D eigenvalue weighted by atomic mass is 10.0. The van der Waals surface area contributed by atoms with Crippen LogP contribution in [-0.4, -0.2) is 26.4 Å². The van der Waals surface area contributed by atoms with E-state index < -0.39 is 0 Å². The molecule has 0 unspecified atom stereocenters. The summed E-state index contributed by atoms with van der Waals surface area (Å²) in [7, 11) is 0. The van der Waals surface area contributed by atoms with Crippen LogP contribution in [0, 0.1) is 0 Å². The van der Waals surface area contributed by atoms with Crippen molar-refractivity contribution in [3.63, 3.8) is 0 Å². The Hall–Kier alpha value is -3.22. The number of aromatic nitrogens is 4. The number of rotatable bonds is 7. The summed E-state index contributed by atoms with van der Waals surface area (Å²) in [6.07, 6.45) is 3.75. The van der Waals surface area contributed by atoms with E-state index in [0.717, 1.165) is 24.2 Å². The maximum Gasteiger partial charge on any atom is 0.267 e. The SMILES string of the molecule is CCCCOc1ccc(-c2nc(N)ncc2-c2ccc(=O)n(C(C)C)n2)cc1. The van der Waals surface area contributed by atoms with Crippen molar-refractivity contribution in [3.05, 3.63) is 52.9 Å². The molecular formula is C21H25N5O2. The second kappa shape index (κ2) is 8.65. The number of anilines is 1. The Bertz CT molecular complexity index is 996. The summed E-state index contributed by atoms with van der Waals surface area (Å²) < 4.78 is 7.17. The van der Waals surface area contributed by atoms with Crippen LogP contribution in [0.25, 0.3) is 22.5 Å². The van der Waals surface area contributed by atoms with Crippen LogP contribution in [0.3, 0.4) is 0 Å². The Morgan fingerprint density at radius 3 is 2.57 bits per heavy atom. The Kier molecular flexibility index (Phi) is 6.03. The zero-order chi connectivity index (χ0) is 20.1. The van der Waals surface area contributed by atoms with Gasteiger partial charge in [-0.15, -0.1) is 0 Å². The van der Waals surface area contributed by atoms with Crippen molar-refractivity contribution in [1.82, 2.24) is 19.7 Å². The van der Waals surface area contributed by atoms with Crippen molar-refractivity contribution in [1.29, 1.82) is 0 Å². The Labute approximate surface area is 164 Å². The van der Waals surface area contributed by atoms with Crippen molar-refractivity contribution in [2.45, 2.75) is 39.7 Å². The first kappa shape index (κ1) is 19.5. The molecule has 0 radical (unpaired) electrons. The number of nitrogens with zero attached hydrogens (tertiary/aromatic N) is 4. The standard InChI is InChI=1S/C21H25N5O2/c1-4-5-12-28-16-8-6-15(7-9-16)20-17(13-23-21(22)24-20)18-10-11-19(27)26(25-18)14(2)3/h6-11,13-14H,4-5,12H2,1-3H3,(H2,22,23,24). The monoisotopic (exact) mass is 379 g/mol. The highest BCUT2D eigenvalue weighted by atomic mass is 16.5. The number of unbranched alkanes of at least 4 members (excludes halogenated alkanes) is 1. The van der Waals surface area contributed by atoms with Crippen LogP contribution in [0.1, 0.15) is 39.7 Å². The van der Waals surface area contributed by atoms with E-state index in [-0.39, 0.29) is 17.5 Å². The van der Waals surface area contributed by atoms with Crippen molar-refractivity contribution in [3.8, 4) is 28.3 Å². The van der Waals surface area contributed by atoms with E-state index in [1.165, 1.54) is 10.7 Å². The van der Waals surface area contributed by atoms with Crippen molar-refractivity contribution < 1.29 is 4.74 Å². The molecule has 3 aromatic rings. The van der Waals surface area contributed by atoms with E-state index in [2.05, 4.69) is 22.0 Å². The summed E-state index contributed by atoms with van der Waals surface area (Å²) in [5.41, 5.74) is 8.55. The van der Waals surface area contributed by atoms with Crippen molar-refractivity contribution in [2.24, 2.45) is 0 Å². The molecule has 0 aliphatic rings. The largest absolute Gasteiger partial charge is 0.494 e. The van der Waals surface area contributed by atoms with Gasteiger partial charge in [-0.25, -0.2) is 14.6 Å². The molecule has 0 atom stereocenters. The zero-order valence-electron chi connectivity index (χ0n) is 16.4. The smallest absolute Gasteiger partial charge is 0.267 e. The fourth-order valence-electron chi connectivity index (χ4n) is 2.79. The molecule has 28 heavy (non-hydrogen) atoms. The summed E-state index contributed by atoms with van der Waals surface area (Å²) in [4.78, 5) is 20.6. The second-order valence-electron chi connectivity index (χ2n) is 6.81. The second-order valence-corrected chi connectivity index (χ2v) is 6.81. The van der Waals surface area contributed by atoms with Crippen LogP contribution in [0.5, 0.6) is 5.75 Å². The van der Waals surface area contributed by atoms with Gasteiger partial charge in [0.2, 0.25) is 5.95 Å². The van der Waals surface area contributed by atoms with Gasteiger partial charge >= 0.3 is 0 Å². The van der Waals surface area contributed by atoms with Gasteiger partial charge in [-0.3, -0.25) is 4.79 Å². The minimum Gasteiger partial charge on any atom is -0.494 e. The molecule has 0 spiro atoms. The first-order valence-corrected chi connectivity index (χ1v) is 9.45. The highest BCUT2D eigenvalue weighted by Gasteiger charge is 2.14. The molecule has 0 saturated heterocycles. The lowest BCUT2D eigenvalue weighted by molar-refractivity contribution is 0.309. The molecule has 0 aliphatic heterocycles. The first-order valence-electron chi connectivity index (χ1n) is 9.45. The first-order chi connectivity index (χ1) is 13.5. The Morgan fingerprint density at radius 2 is 1.89 bits per heavy atom. The fraction of sp³-hybridized carbons (Fsp3) is 0.333. The number of hydrogen-bond donors (Lipinski definition) is 1. The zero-order valence-corrected chi connectivity index (χ0v) is 16.4. The molecule has 146 valence electrons. The summed E-state index contributed by atoms with van der Waals surface area (Å²) in [5, 5.41) is 4.48. The molecule has 0 saturated carbocycles. The quantitative estimate of drug-likeness (QED) is 0.629. The van der Waals surface area contributed by atoms with E-state index in [9.17, 15) is 4.79 Å². The van der Waals surface area contributed by atoms with Gasteiger partial charge in [0.15, 0.2) is 0 Å². The number of benzene rings is 1. The summed E-state index contributed by atoms with van der Waals surface area (Å²) >= 11 is 0. The normalized spacial score (nSPS) is 11.0. The van der Waals surface area contributed by atoms with Gasteiger partial charge in [0.25, 0.3) is 5.56 Å². The number of nitrogen functional groups attached to an aromatic ring is 1. The third-order valence-electron chi connectivity index (χ3n) is 4.29. The Balaban J connectivity index is 2.00. The van der Waals surface area contributed by atoms with E-state index in [0.29, 0.717) is 23.6 Å². The van der Waals surface area contributed by atoms with Crippen LogP contribution in [-0.2, 0) is 0 Å². The molecule has 0 amide bonds. The van der Waals surface area contributed by atoms with Gasteiger partial charge in [0.05, 0.1) is 24.0 Å². The summed E-state index contributed by atoms with van der Waals surface area (Å²) in [6.45, 7) is 6.65. The van der Waals surface area contributed by atoms with E-state index in [1.807, 2.05) is 38.1 Å². The molecule has 2 heterocycles. The van der Waals surface area contributed by atoms with E-state index in [4.69, 9.17) is 10.5 Å². The van der Waals surface area contributed by atoms with Crippen LogP contribution < -0.4 is 16.0 Å². The molecule has 2 aromatic heterocycles. The minimum absolute atomic E-state index is 0.0508. The molecule has 0 fully saturated rings. The van der Waals surface area contributed by atoms with Crippen molar-refractivity contribution in [2.75, 3.05) is 12.3 Å². The van der Waals surface area contributed by atoms with Gasteiger partial charge < -0.3 is 10.5 Å². The summed E-state index contributed by atoms with van der Waals surface area (Å²) in [6, 6.07) is 10.8. The highest BCUT2D eigenvalue weighted by Crippen LogP contribution is 2.30. The predicted molar refractivity (Wildman–Crippen MR) is 110 cm³/mol. The fourth-order valence-corrected chi connectivity index (χ4v) is 2.79. The lowest BCUT2D eigenvalue weighted by Crippen LogP contribution is -2.24. The van der Waals surface area contributed by atoms with Crippen molar-refractivity contribution >= 4 is 5.95 Å². The average Bonchev–Trinajstić information content (AvgIpc) is 2.69. The van der Waals surface area contributed by atoms with Crippen LogP contribution in [0.4, 0.5) is 5.95 Å². The van der Waals surface area contributed by atoms with Gasteiger partial charge in [-0.2, -0.15) is 5.10 Å². The molecule has 3 rings (SSSR count).